The minimum atomic E-state index is -0.213. The molecule has 1 aliphatic rings. The third-order valence-corrected chi connectivity index (χ3v) is 3.52. The lowest BCUT2D eigenvalue weighted by Gasteiger charge is -2.37. The highest BCUT2D eigenvalue weighted by Gasteiger charge is 2.26. The number of carbonyl (C=O) groups is 2. The highest BCUT2D eigenvalue weighted by Crippen LogP contribution is 2.06. The maximum Gasteiger partial charge on any atom is 0.251 e. The smallest absolute Gasteiger partial charge is 0.251 e. The van der Waals surface area contributed by atoms with Gasteiger partial charge in [0, 0.05) is 30.7 Å². The quantitative estimate of drug-likeness (QED) is 0.877. The normalized spacial score (nSPS) is 21.3. The number of hydrogen-bond donors (Lipinski definition) is 2. The summed E-state index contributed by atoms with van der Waals surface area (Å²) in [6.45, 7) is 5.58. The van der Waals surface area contributed by atoms with Crippen LogP contribution >= 0.6 is 12.4 Å². The molecule has 1 saturated heterocycles. The molecule has 0 bridgehead atoms. The number of hydrogen-bond acceptors (Lipinski definition) is 3. The van der Waals surface area contributed by atoms with Crippen molar-refractivity contribution >= 4 is 24.2 Å². The Hall–Kier alpha value is -1.59. The van der Waals surface area contributed by atoms with Crippen LogP contribution in [0.5, 0.6) is 0 Å². The maximum atomic E-state index is 12.2. The lowest BCUT2D eigenvalue weighted by Crippen LogP contribution is -2.57. The van der Waals surface area contributed by atoms with Crippen LogP contribution in [0.25, 0.3) is 0 Å². The topological polar surface area (TPSA) is 61.4 Å². The van der Waals surface area contributed by atoms with Gasteiger partial charge < -0.3 is 15.5 Å². The average Bonchev–Trinajstić information content (AvgIpc) is 2.47. The molecule has 0 spiro atoms. The highest BCUT2D eigenvalue weighted by molar-refractivity contribution is 5.96. The van der Waals surface area contributed by atoms with Gasteiger partial charge in [0.05, 0.1) is 6.54 Å². The number of halogens is 1. The summed E-state index contributed by atoms with van der Waals surface area (Å²) in [4.78, 5) is 25.9. The lowest BCUT2D eigenvalue weighted by molar-refractivity contribution is -0.133. The molecule has 2 atom stereocenters. The predicted molar refractivity (Wildman–Crippen MR) is 84.7 cm³/mol. The number of benzene rings is 1. The molecule has 2 unspecified atom stereocenters. The van der Waals surface area contributed by atoms with E-state index in [1.165, 1.54) is 0 Å². The van der Waals surface area contributed by atoms with Crippen molar-refractivity contribution < 1.29 is 9.59 Å². The van der Waals surface area contributed by atoms with Crippen molar-refractivity contribution in [1.82, 2.24) is 15.5 Å². The van der Waals surface area contributed by atoms with E-state index >= 15 is 0 Å². The Morgan fingerprint density at radius 3 is 2.62 bits per heavy atom. The zero-order valence-corrected chi connectivity index (χ0v) is 13.2. The molecular formula is C15H22ClN3O2. The molecule has 2 N–H and O–H groups in total. The van der Waals surface area contributed by atoms with E-state index in [-0.39, 0.29) is 36.8 Å². The van der Waals surface area contributed by atoms with Crippen molar-refractivity contribution in [3.63, 3.8) is 0 Å². The molecule has 6 heteroatoms. The standard InChI is InChI=1S/C15H21N3O2.ClH/c1-11-10-18(12(2)8-16-11)14(19)9-17-15(20)13-6-4-3-5-7-13;/h3-7,11-12,16H,8-10H2,1-2H3,(H,17,20);1H. The fraction of sp³-hybridized carbons (Fsp3) is 0.467. The molecule has 1 fully saturated rings. The highest BCUT2D eigenvalue weighted by atomic mass is 35.5. The van der Waals surface area contributed by atoms with Crippen molar-refractivity contribution in [2.24, 2.45) is 0 Å². The molecule has 21 heavy (non-hydrogen) atoms. The Kier molecular flexibility index (Phi) is 6.65. The minimum Gasteiger partial charge on any atom is -0.343 e. The minimum absolute atomic E-state index is 0. The first kappa shape index (κ1) is 17.5. The fourth-order valence-corrected chi connectivity index (χ4v) is 2.32. The first-order valence-electron chi connectivity index (χ1n) is 6.94. The van der Waals surface area contributed by atoms with Crippen molar-refractivity contribution in [1.29, 1.82) is 0 Å². The van der Waals surface area contributed by atoms with E-state index in [1.54, 1.807) is 24.3 Å². The van der Waals surface area contributed by atoms with Gasteiger partial charge in [-0.3, -0.25) is 9.59 Å². The summed E-state index contributed by atoms with van der Waals surface area (Å²) in [5.41, 5.74) is 0.571. The van der Waals surface area contributed by atoms with E-state index < -0.39 is 0 Å². The maximum absolute atomic E-state index is 12.2. The Balaban J connectivity index is 0.00000220. The number of nitrogens with one attached hydrogen (secondary N) is 2. The van der Waals surface area contributed by atoms with Crippen LogP contribution in [0.1, 0.15) is 24.2 Å². The monoisotopic (exact) mass is 311 g/mol. The molecule has 1 heterocycles. The van der Waals surface area contributed by atoms with Crippen LogP contribution in [0.4, 0.5) is 0 Å². The van der Waals surface area contributed by atoms with Crippen LogP contribution in [0.2, 0.25) is 0 Å². The summed E-state index contributed by atoms with van der Waals surface area (Å²) in [7, 11) is 0. The van der Waals surface area contributed by atoms with Gasteiger partial charge in [0.25, 0.3) is 5.91 Å². The summed E-state index contributed by atoms with van der Waals surface area (Å²) in [6, 6.07) is 9.37. The van der Waals surface area contributed by atoms with Gasteiger partial charge in [-0.2, -0.15) is 0 Å². The third-order valence-electron chi connectivity index (χ3n) is 3.52. The predicted octanol–water partition coefficient (Wildman–Crippen LogP) is 1.05. The second-order valence-electron chi connectivity index (χ2n) is 5.25. The van der Waals surface area contributed by atoms with Crippen LogP contribution in [-0.4, -0.2) is 48.4 Å². The summed E-state index contributed by atoms with van der Waals surface area (Å²) >= 11 is 0. The molecule has 2 rings (SSSR count). The van der Waals surface area contributed by atoms with Crippen LogP contribution in [0.15, 0.2) is 30.3 Å². The lowest BCUT2D eigenvalue weighted by atomic mass is 10.1. The van der Waals surface area contributed by atoms with Crippen molar-refractivity contribution in [3.05, 3.63) is 35.9 Å². The van der Waals surface area contributed by atoms with Crippen molar-refractivity contribution in [3.8, 4) is 0 Å². The fourth-order valence-electron chi connectivity index (χ4n) is 2.32. The van der Waals surface area contributed by atoms with Gasteiger partial charge in [-0.15, -0.1) is 12.4 Å². The molecule has 1 aromatic carbocycles. The van der Waals surface area contributed by atoms with Gasteiger partial charge in [-0.05, 0) is 26.0 Å². The number of rotatable bonds is 3. The molecule has 0 saturated carbocycles. The van der Waals surface area contributed by atoms with Crippen LogP contribution in [-0.2, 0) is 4.79 Å². The zero-order chi connectivity index (χ0) is 14.5. The van der Waals surface area contributed by atoms with Crippen LogP contribution in [0, 0.1) is 0 Å². The van der Waals surface area contributed by atoms with E-state index in [0.717, 1.165) is 6.54 Å². The Labute approximate surface area is 131 Å². The summed E-state index contributed by atoms with van der Waals surface area (Å²) in [6.07, 6.45) is 0. The molecule has 5 nitrogen and oxygen atoms in total. The van der Waals surface area contributed by atoms with Crippen molar-refractivity contribution in [2.45, 2.75) is 25.9 Å². The molecule has 0 aromatic heterocycles. The van der Waals surface area contributed by atoms with Gasteiger partial charge in [0.2, 0.25) is 5.91 Å². The SMILES string of the molecule is CC1CN(C(=O)CNC(=O)c2ccccc2)C(C)CN1.Cl. The molecule has 116 valence electrons. The van der Waals surface area contributed by atoms with Gasteiger partial charge >= 0.3 is 0 Å². The Morgan fingerprint density at radius 1 is 1.29 bits per heavy atom. The van der Waals surface area contributed by atoms with Gasteiger partial charge in [0.1, 0.15) is 0 Å². The van der Waals surface area contributed by atoms with E-state index in [2.05, 4.69) is 17.6 Å². The summed E-state index contributed by atoms with van der Waals surface area (Å²) in [5, 5.41) is 6.01. The number of amides is 2. The summed E-state index contributed by atoms with van der Waals surface area (Å²) in [5.74, 6) is -0.245. The Morgan fingerprint density at radius 2 is 1.95 bits per heavy atom. The average molecular weight is 312 g/mol. The summed E-state index contributed by atoms with van der Waals surface area (Å²) < 4.78 is 0. The van der Waals surface area contributed by atoms with Crippen molar-refractivity contribution in [2.75, 3.05) is 19.6 Å². The second-order valence-corrected chi connectivity index (χ2v) is 5.25. The Bertz CT molecular complexity index is 481. The van der Waals surface area contributed by atoms with Crippen LogP contribution in [0.3, 0.4) is 0 Å². The molecule has 2 amide bonds. The second kappa shape index (κ2) is 8.00. The zero-order valence-electron chi connectivity index (χ0n) is 12.3. The van der Waals surface area contributed by atoms with Gasteiger partial charge in [0.15, 0.2) is 0 Å². The number of carbonyl (C=O) groups excluding carboxylic acids is 2. The van der Waals surface area contributed by atoms with E-state index in [9.17, 15) is 9.59 Å². The van der Waals surface area contributed by atoms with Gasteiger partial charge in [-0.25, -0.2) is 0 Å². The first-order chi connectivity index (χ1) is 9.58. The number of piperazine rings is 1. The molecular weight excluding hydrogens is 290 g/mol. The molecule has 1 aliphatic heterocycles. The molecule has 1 aromatic rings. The van der Waals surface area contributed by atoms with E-state index in [0.29, 0.717) is 18.2 Å². The van der Waals surface area contributed by atoms with Crippen LogP contribution < -0.4 is 10.6 Å². The van der Waals surface area contributed by atoms with E-state index in [1.807, 2.05) is 17.9 Å². The number of nitrogens with zero attached hydrogens (tertiary/aromatic N) is 1. The van der Waals surface area contributed by atoms with E-state index in [4.69, 9.17) is 0 Å². The van der Waals surface area contributed by atoms with Gasteiger partial charge in [-0.1, -0.05) is 18.2 Å². The first-order valence-corrected chi connectivity index (χ1v) is 6.94. The third kappa shape index (κ3) is 4.72. The molecule has 0 radical (unpaired) electrons. The largest absolute Gasteiger partial charge is 0.343 e. The molecule has 0 aliphatic carbocycles.